The largest absolute Gasteiger partial charge is 0.455 e. The lowest BCUT2D eigenvalue weighted by Crippen LogP contribution is -2.42. The number of hydrogen-bond donors (Lipinski definition) is 2. The summed E-state index contributed by atoms with van der Waals surface area (Å²) >= 11 is 0. The van der Waals surface area contributed by atoms with E-state index in [1.165, 1.54) is 4.31 Å². The molecule has 0 spiro atoms. The predicted molar refractivity (Wildman–Crippen MR) is 105 cm³/mol. The molecular weight excluding hydrogens is 366 g/mol. The fourth-order valence-corrected chi connectivity index (χ4v) is 3.50. The molecule has 0 aliphatic heterocycles. The smallest absolute Gasteiger partial charge is 0.315 e. The molecule has 0 atom stereocenters. The molecule has 0 aromatic heterocycles. The molecule has 3 rings (SSSR count). The summed E-state index contributed by atoms with van der Waals surface area (Å²) in [4.78, 5) is 11.8. The van der Waals surface area contributed by atoms with Crippen molar-refractivity contribution in [1.82, 2.24) is 10.6 Å². The molecule has 144 valence electrons. The maximum absolute atomic E-state index is 12.3. The summed E-state index contributed by atoms with van der Waals surface area (Å²) in [6.07, 6.45) is 3.12. The highest BCUT2D eigenvalue weighted by molar-refractivity contribution is 7.92. The van der Waals surface area contributed by atoms with Crippen molar-refractivity contribution >= 4 is 21.7 Å². The first kappa shape index (κ1) is 19.0. The number of rotatable bonds is 8. The molecule has 27 heavy (non-hydrogen) atoms. The van der Waals surface area contributed by atoms with Crippen LogP contribution in [0.1, 0.15) is 12.8 Å². The molecule has 0 radical (unpaired) electrons. The molecule has 0 heterocycles. The van der Waals surface area contributed by atoms with Gasteiger partial charge in [0, 0.05) is 12.6 Å². The Bertz CT molecular complexity index is 883. The van der Waals surface area contributed by atoms with Crippen molar-refractivity contribution in [2.75, 3.05) is 23.7 Å². The number of ether oxygens (including phenoxy) is 1. The van der Waals surface area contributed by atoms with E-state index in [0.29, 0.717) is 17.2 Å². The van der Waals surface area contributed by atoms with Gasteiger partial charge in [0.1, 0.15) is 5.75 Å². The van der Waals surface area contributed by atoms with Crippen LogP contribution in [0.3, 0.4) is 0 Å². The van der Waals surface area contributed by atoms with Gasteiger partial charge in [-0.3, -0.25) is 4.31 Å². The highest BCUT2D eigenvalue weighted by Gasteiger charge is 2.24. The van der Waals surface area contributed by atoms with Gasteiger partial charge in [-0.15, -0.1) is 0 Å². The molecule has 1 saturated carbocycles. The van der Waals surface area contributed by atoms with E-state index in [1.807, 2.05) is 18.2 Å². The highest BCUT2D eigenvalue weighted by Crippen LogP contribution is 2.33. The third-order valence-corrected chi connectivity index (χ3v) is 5.20. The Morgan fingerprint density at radius 3 is 2.44 bits per heavy atom. The molecule has 0 saturated heterocycles. The minimum absolute atomic E-state index is 0.103. The van der Waals surface area contributed by atoms with Gasteiger partial charge in [-0.1, -0.05) is 30.3 Å². The third kappa shape index (κ3) is 5.62. The van der Waals surface area contributed by atoms with Gasteiger partial charge in [0.2, 0.25) is 10.0 Å². The first-order valence-electron chi connectivity index (χ1n) is 8.77. The Kier molecular flexibility index (Phi) is 5.85. The first-order chi connectivity index (χ1) is 12.9. The molecule has 0 bridgehead atoms. The molecule has 7 nitrogen and oxygen atoms in total. The van der Waals surface area contributed by atoms with E-state index in [9.17, 15) is 13.2 Å². The fraction of sp³-hybridized carbons (Fsp3) is 0.316. The Morgan fingerprint density at radius 1 is 1.11 bits per heavy atom. The molecule has 1 aliphatic rings. The van der Waals surface area contributed by atoms with Gasteiger partial charge >= 0.3 is 6.03 Å². The van der Waals surface area contributed by atoms with Crippen LogP contribution in [0.4, 0.5) is 10.5 Å². The number of para-hydroxylation sites is 3. The van der Waals surface area contributed by atoms with E-state index in [2.05, 4.69) is 10.6 Å². The maximum atomic E-state index is 12.3. The molecule has 0 unspecified atom stereocenters. The summed E-state index contributed by atoms with van der Waals surface area (Å²) < 4.78 is 31.8. The molecule has 1 aliphatic carbocycles. The second-order valence-electron chi connectivity index (χ2n) is 6.39. The van der Waals surface area contributed by atoms with Crippen LogP contribution in [0.2, 0.25) is 0 Å². The molecular formula is C19H23N3O4S. The predicted octanol–water partition coefficient (Wildman–Crippen LogP) is 2.71. The lowest BCUT2D eigenvalue weighted by Gasteiger charge is -2.24. The number of nitrogens with one attached hydrogen (secondary N) is 2. The number of amides is 2. The second-order valence-corrected chi connectivity index (χ2v) is 8.30. The summed E-state index contributed by atoms with van der Waals surface area (Å²) in [6.45, 7) is 0.289. The zero-order valence-electron chi connectivity index (χ0n) is 15.1. The normalized spacial score (nSPS) is 13.7. The number of carbonyl (C=O) groups is 1. The van der Waals surface area contributed by atoms with Crippen molar-refractivity contribution < 1.29 is 17.9 Å². The Labute approximate surface area is 159 Å². The van der Waals surface area contributed by atoms with Crippen molar-refractivity contribution in [3.8, 4) is 11.5 Å². The second kappa shape index (κ2) is 8.30. The van der Waals surface area contributed by atoms with Gasteiger partial charge in [0.25, 0.3) is 0 Å². The summed E-state index contributed by atoms with van der Waals surface area (Å²) in [5.41, 5.74) is 0.424. The molecule has 2 aromatic rings. The molecule has 8 heteroatoms. The number of sulfonamides is 1. The average molecular weight is 389 g/mol. The SMILES string of the molecule is CS(=O)(=O)N(CCNC(=O)NC1CC1)c1ccccc1Oc1ccccc1. The van der Waals surface area contributed by atoms with Crippen LogP contribution in [0, 0.1) is 0 Å². The molecule has 2 amide bonds. The summed E-state index contributed by atoms with van der Waals surface area (Å²) in [5.74, 6) is 1.04. The Morgan fingerprint density at radius 2 is 1.78 bits per heavy atom. The highest BCUT2D eigenvalue weighted by atomic mass is 32.2. The summed E-state index contributed by atoms with van der Waals surface area (Å²) in [5, 5.41) is 5.51. The number of carbonyl (C=O) groups excluding carboxylic acids is 1. The summed E-state index contributed by atoms with van der Waals surface area (Å²) in [6, 6.07) is 16.1. The van der Waals surface area contributed by atoms with Crippen LogP contribution in [-0.2, 0) is 10.0 Å². The minimum atomic E-state index is -3.56. The van der Waals surface area contributed by atoms with Gasteiger partial charge in [-0.2, -0.15) is 0 Å². The van der Waals surface area contributed by atoms with Crippen LogP contribution in [-0.4, -0.2) is 39.8 Å². The van der Waals surface area contributed by atoms with E-state index in [1.54, 1.807) is 36.4 Å². The van der Waals surface area contributed by atoms with Gasteiger partial charge in [0.15, 0.2) is 5.75 Å². The zero-order chi connectivity index (χ0) is 19.3. The Balaban J connectivity index is 1.73. The number of urea groups is 1. The van der Waals surface area contributed by atoms with E-state index in [4.69, 9.17) is 4.74 Å². The van der Waals surface area contributed by atoms with Crippen molar-refractivity contribution in [2.45, 2.75) is 18.9 Å². The van der Waals surface area contributed by atoms with Gasteiger partial charge in [-0.05, 0) is 37.1 Å². The molecule has 1 fully saturated rings. The third-order valence-electron chi connectivity index (χ3n) is 4.02. The van der Waals surface area contributed by atoms with Crippen molar-refractivity contribution in [3.05, 3.63) is 54.6 Å². The lowest BCUT2D eigenvalue weighted by atomic mass is 10.3. The fourth-order valence-electron chi connectivity index (χ4n) is 2.57. The van der Waals surface area contributed by atoms with Crippen molar-refractivity contribution in [1.29, 1.82) is 0 Å². The zero-order valence-corrected chi connectivity index (χ0v) is 15.9. The van der Waals surface area contributed by atoms with Crippen LogP contribution >= 0.6 is 0 Å². The molecule has 2 aromatic carbocycles. The van der Waals surface area contributed by atoms with Crippen LogP contribution < -0.4 is 19.7 Å². The number of hydrogen-bond acceptors (Lipinski definition) is 4. The quantitative estimate of drug-likeness (QED) is 0.727. The van der Waals surface area contributed by atoms with Crippen LogP contribution in [0.15, 0.2) is 54.6 Å². The van der Waals surface area contributed by atoms with Crippen LogP contribution in [0.5, 0.6) is 11.5 Å². The lowest BCUT2D eigenvalue weighted by molar-refractivity contribution is 0.241. The molecule has 2 N–H and O–H groups in total. The van der Waals surface area contributed by atoms with E-state index in [0.717, 1.165) is 19.1 Å². The monoisotopic (exact) mass is 389 g/mol. The Hall–Kier alpha value is -2.74. The van der Waals surface area contributed by atoms with Crippen molar-refractivity contribution in [2.24, 2.45) is 0 Å². The number of anilines is 1. The van der Waals surface area contributed by atoms with E-state index < -0.39 is 10.0 Å². The maximum Gasteiger partial charge on any atom is 0.315 e. The van der Waals surface area contributed by atoms with Gasteiger partial charge in [-0.25, -0.2) is 13.2 Å². The van der Waals surface area contributed by atoms with E-state index >= 15 is 0 Å². The van der Waals surface area contributed by atoms with Gasteiger partial charge in [0.05, 0.1) is 18.5 Å². The number of nitrogens with zero attached hydrogens (tertiary/aromatic N) is 1. The van der Waals surface area contributed by atoms with Crippen LogP contribution in [0.25, 0.3) is 0 Å². The average Bonchev–Trinajstić information content (AvgIpc) is 3.43. The van der Waals surface area contributed by atoms with Gasteiger partial charge < -0.3 is 15.4 Å². The van der Waals surface area contributed by atoms with Crippen molar-refractivity contribution in [3.63, 3.8) is 0 Å². The standard InChI is InChI=1S/C19H23N3O4S/c1-27(24,25)22(14-13-20-19(23)21-15-11-12-15)17-9-5-6-10-18(17)26-16-7-3-2-4-8-16/h2-10,15H,11-14H2,1H3,(H2,20,21,23). The van der Waals surface area contributed by atoms with E-state index in [-0.39, 0.29) is 25.2 Å². The minimum Gasteiger partial charge on any atom is -0.455 e. The number of benzene rings is 2. The summed E-state index contributed by atoms with van der Waals surface area (Å²) in [7, 11) is -3.56. The first-order valence-corrected chi connectivity index (χ1v) is 10.6. The topological polar surface area (TPSA) is 87.7 Å².